The fourth-order valence-corrected chi connectivity index (χ4v) is 4.21. The molecule has 1 saturated heterocycles. The van der Waals surface area contributed by atoms with E-state index in [0.29, 0.717) is 29.0 Å². The Hall–Kier alpha value is -3.26. The molecule has 8 nitrogen and oxygen atoms in total. The number of amidine groups is 1. The minimum atomic E-state index is -1.08. The van der Waals surface area contributed by atoms with E-state index >= 15 is 0 Å². The molecule has 9 heteroatoms. The van der Waals surface area contributed by atoms with E-state index in [1.807, 2.05) is 19.1 Å². The molecular weight excluding hydrogens is 468 g/mol. The Morgan fingerprint density at radius 3 is 2.37 bits per heavy atom. The first-order valence-electron chi connectivity index (χ1n) is 11.8. The van der Waals surface area contributed by atoms with Crippen molar-refractivity contribution in [1.29, 1.82) is 5.41 Å². The Labute approximate surface area is 212 Å². The number of halogens is 1. The first-order valence-corrected chi connectivity index (χ1v) is 11.8. The number of likely N-dealkylation sites (tertiary alicyclic amines) is 1. The number of hydrogen-bond acceptors (Lipinski definition) is 5. The maximum atomic E-state index is 12.6. The van der Waals surface area contributed by atoms with Gasteiger partial charge < -0.3 is 25.8 Å². The van der Waals surface area contributed by atoms with Crippen molar-refractivity contribution in [2.75, 3.05) is 25.0 Å². The lowest BCUT2D eigenvalue weighted by Gasteiger charge is -2.24. The van der Waals surface area contributed by atoms with Crippen molar-refractivity contribution >= 4 is 35.8 Å². The smallest absolute Gasteiger partial charge is 0.330 e. The number of benzene rings is 2. The third-order valence-electron chi connectivity index (χ3n) is 6.05. The molecule has 0 saturated carbocycles. The standard InChI is InChI=1S/C26H34N4O4.ClH/c1-3-7-19-14-17(4-2)15-21(24(19)34-16-22(31)30-12-5-6-13-30)23(26(32)33)29-20-10-8-18(9-11-20)25(27)28;/h8-11,14-15,23,29H,3-7,12-13,16H2,1-2H3,(H3,27,28)(H,32,33);1H. The van der Waals surface area contributed by atoms with Gasteiger partial charge >= 0.3 is 5.97 Å². The van der Waals surface area contributed by atoms with E-state index in [1.54, 1.807) is 29.2 Å². The number of carboxylic acid groups (broad SMARTS) is 1. The van der Waals surface area contributed by atoms with Gasteiger partial charge in [0.25, 0.3) is 5.91 Å². The van der Waals surface area contributed by atoms with Crippen molar-refractivity contribution in [3.05, 3.63) is 58.7 Å². The van der Waals surface area contributed by atoms with Gasteiger partial charge in [-0.1, -0.05) is 26.3 Å². The summed E-state index contributed by atoms with van der Waals surface area (Å²) in [5.74, 6) is -0.724. The van der Waals surface area contributed by atoms with Gasteiger partial charge in [0.15, 0.2) is 12.6 Å². The molecule has 0 spiro atoms. The van der Waals surface area contributed by atoms with E-state index in [-0.39, 0.29) is 30.8 Å². The largest absolute Gasteiger partial charge is 0.483 e. The van der Waals surface area contributed by atoms with E-state index < -0.39 is 12.0 Å². The van der Waals surface area contributed by atoms with Gasteiger partial charge in [-0.05, 0) is 67.1 Å². The highest BCUT2D eigenvalue weighted by Crippen LogP contribution is 2.34. The molecule has 35 heavy (non-hydrogen) atoms. The molecule has 1 amide bonds. The first-order chi connectivity index (χ1) is 16.3. The summed E-state index contributed by atoms with van der Waals surface area (Å²) >= 11 is 0. The van der Waals surface area contributed by atoms with Crippen LogP contribution in [0.3, 0.4) is 0 Å². The normalized spacial score (nSPS) is 13.6. The molecule has 0 aliphatic carbocycles. The summed E-state index contributed by atoms with van der Waals surface area (Å²) in [7, 11) is 0. The molecule has 1 unspecified atom stereocenters. The summed E-state index contributed by atoms with van der Waals surface area (Å²) in [6.45, 7) is 5.44. The minimum absolute atomic E-state index is 0. The third-order valence-corrected chi connectivity index (χ3v) is 6.05. The molecule has 0 radical (unpaired) electrons. The van der Waals surface area contributed by atoms with Crippen LogP contribution in [-0.4, -0.2) is 47.4 Å². The molecule has 3 rings (SSSR count). The van der Waals surface area contributed by atoms with Gasteiger partial charge in [-0.2, -0.15) is 0 Å². The molecule has 1 atom stereocenters. The lowest BCUT2D eigenvalue weighted by atomic mass is 9.95. The quantitative estimate of drug-likeness (QED) is 0.270. The molecule has 1 aliphatic heterocycles. The summed E-state index contributed by atoms with van der Waals surface area (Å²) in [4.78, 5) is 26.8. The number of carbonyl (C=O) groups is 2. The molecule has 2 aromatic carbocycles. The molecule has 0 aromatic heterocycles. The summed E-state index contributed by atoms with van der Waals surface area (Å²) in [5, 5.41) is 20.8. The van der Waals surface area contributed by atoms with Crippen molar-refractivity contribution < 1.29 is 19.4 Å². The van der Waals surface area contributed by atoms with Gasteiger partial charge in [0.1, 0.15) is 11.6 Å². The number of carbonyl (C=O) groups excluding carboxylic acids is 1. The Morgan fingerprint density at radius 1 is 1.17 bits per heavy atom. The summed E-state index contributed by atoms with van der Waals surface area (Å²) in [6.07, 6.45) is 4.32. The SMILES string of the molecule is CCCc1cc(CC)cc(C(Nc2ccc(C(=N)N)cc2)C(=O)O)c1OCC(=O)N1CCCC1.Cl. The van der Waals surface area contributed by atoms with Crippen LogP contribution in [0.2, 0.25) is 0 Å². The van der Waals surface area contributed by atoms with Crippen LogP contribution in [0, 0.1) is 5.41 Å². The van der Waals surface area contributed by atoms with Crippen molar-refractivity contribution in [2.24, 2.45) is 5.73 Å². The van der Waals surface area contributed by atoms with Gasteiger partial charge in [0, 0.05) is 29.9 Å². The Kier molecular flexibility index (Phi) is 10.4. The van der Waals surface area contributed by atoms with Gasteiger partial charge in [-0.25, -0.2) is 4.79 Å². The number of aryl methyl sites for hydroxylation is 2. The molecule has 1 fully saturated rings. The van der Waals surface area contributed by atoms with Crippen molar-refractivity contribution in [1.82, 2.24) is 4.90 Å². The van der Waals surface area contributed by atoms with Crippen LogP contribution in [-0.2, 0) is 22.4 Å². The average Bonchev–Trinajstić information content (AvgIpc) is 3.36. The van der Waals surface area contributed by atoms with Gasteiger partial charge in [-0.15, -0.1) is 12.4 Å². The molecule has 190 valence electrons. The maximum Gasteiger partial charge on any atom is 0.330 e. The zero-order valence-corrected chi connectivity index (χ0v) is 21.1. The van der Waals surface area contributed by atoms with Crippen LogP contribution in [0.5, 0.6) is 5.75 Å². The number of nitrogens with zero attached hydrogens (tertiary/aromatic N) is 1. The number of anilines is 1. The van der Waals surface area contributed by atoms with Crippen LogP contribution in [0.4, 0.5) is 5.69 Å². The minimum Gasteiger partial charge on any atom is -0.483 e. The number of ether oxygens (including phenoxy) is 1. The van der Waals surface area contributed by atoms with Crippen LogP contribution in [0.1, 0.15) is 61.4 Å². The maximum absolute atomic E-state index is 12.6. The van der Waals surface area contributed by atoms with E-state index in [9.17, 15) is 14.7 Å². The fourth-order valence-electron chi connectivity index (χ4n) is 4.21. The molecule has 0 bridgehead atoms. The zero-order valence-electron chi connectivity index (χ0n) is 20.3. The highest BCUT2D eigenvalue weighted by Gasteiger charge is 2.27. The summed E-state index contributed by atoms with van der Waals surface area (Å²) in [5.41, 5.74) is 9.08. The predicted molar refractivity (Wildman–Crippen MR) is 140 cm³/mol. The van der Waals surface area contributed by atoms with E-state index in [0.717, 1.165) is 49.9 Å². The third kappa shape index (κ3) is 7.11. The number of nitrogen functional groups attached to an aromatic ring is 1. The van der Waals surface area contributed by atoms with Gasteiger partial charge in [0.05, 0.1) is 0 Å². The monoisotopic (exact) mass is 502 g/mol. The van der Waals surface area contributed by atoms with Crippen LogP contribution in [0.25, 0.3) is 0 Å². The number of hydrogen-bond donors (Lipinski definition) is 4. The zero-order chi connectivity index (χ0) is 24.7. The van der Waals surface area contributed by atoms with Crippen molar-refractivity contribution in [2.45, 2.75) is 52.0 Å². The second kappa shape index (κ2) is 13.0. The molecule has 2 aromatic rings. The molecule has 1 heterocycles. The number of carboxylic acids is 1. The van der Waals surface area contributed by atoms with E-state index in [2.05, 4.69) is 12.2 Å². The van der Waals surface area contributed by atoms with Crippen molar-refractivity contribution in [3.63, 3.8) is 0 Å². The van der Waals surface area contributed by atoms with E-state index in [4.69, 9.17) is 15.9 Å². The topological polar surface area (TPSA) is 129 Å². The highest BCUT2D eigenvalue weighted by atomic mass is 35.5. The number of nitrogens with two attached hydrogens (primary N) is 1. The average molecular weight is 503 g/mol. The molecular formula is C26H35ClN4O4. The van der Waals surface area contributed by atoms with Crippen LogP contribution in [0.15, 0.2) is 36.4 Å². The predicted octanol–water partition coefficient (Wildman–Crippen LogP) is 4.15. The summed E-state index contributed by atoms with van der Waals surface area (Å²) < 4.78 is 6.07. The Morgan fingerprint density at radius 2 is 1.83 bits per heavy atom. The Balaban J connectivity index is 0.00000432. The lowest BCUT2D eigenvalue weighted by molar-refractivity contribution is -0.138. The number of nitrogens with one attached hydrogen (secondary N) is 2. The van der Waals surface area contributed by atoms with Gasteiger partial charge in [-0.3, -0.25) is 10.2 Å². The molecule has 5 N–H and O–H groups in total. The summed E-state index contributed by atoms with van der Waals surface area (Å²) in [6, 6.07) is 9.54. The van der Waals surface area contributed by atoms with Crippen LogP contribution >= 0.6 is 12.4 Å². The second-order valence-corrected chi connectivity index (χ2v) is 8.56. The number of amides is 1. The number of rotatable bonds is 11. The first kappa shape index (κ1) is 28.0. The van der Waals surface area contributed by atoms with Crippen molar-refractivity contribution in [3.8, 4) is 5.75 Å². The van der Waals surface area contributed by atoms with Gasteiger partial charge in [0.2, 0.25) is 0 Å². The fraction of sp³-hybridized carbons (Fsp3) is 0.423. The Bertz CT molecular complexity index is 1040. The lowest BCUT2D eigenvalue weighted by Crippen LogP contribution is -2.32. The number of aliphatic carboxylic acids is 1. The van der Waals surface area contributed by atoms with Crippen LogP contribution < -0.4 is 15.8 Å². The van der Waals surface area contributed by atoms with E-state index in [1.165, 1.54) is 0 Å². The molecule has 1 aliphatic rings. The highest BCUT2D eigenvalue weighted by molar-refractivity contribution is 5.95. The second-order valence-electron chi connectivity index (χ2n) is 8.56.